The largest absolute Gasteiger partial charge is 0.492 e. The first kappa shape index (κ1) is 29.6. The first-order valence-electron chi connectivity index (χ1n) is 15.1. The van der Waals surface area contributed by atoms with Gasteiger partial charge in [-0.2, -0.15) is 0 Å². The number of hydrogen-bond donors (Lipinski definition) is 0. The molecule has 2 aromatic carbocycles. The highest BCUT2D eigenvalue weighted by molar-refractivity contribution is 6.03. The van der Waals surface area contributed by atoms with Crippen molar-refractivity contribution in [2.45, 2.75) is 86.2 Å². The lowest BCUT2D eigenvalue weighted by atomic mass is 9.68. The van der Waals surface area contributed by atoms with Crippen LogP contribution in [-0.2, 0) is 17.6 Å². The minimum absolute atomic E-state index is 0.190. The monoisotopic (exact) mass is 531 g/mol. The molecule has 212 valence electrons. The highest BCUT2D eigenvalue weighted by Gasteiger charge is 2.43. The molecule has 4 nitrogen and oxygen atoms in total. The number of aryl methyl sites for hydroxylation is 2. The quantitative estimate of drug-likeness (QED) is 0.295. The molecule has 39 heavy (non-hydrogen) atoms. The Balaban J connectivity index is 0.00000172. The van der Waals surface area contributed by atoms with Crippen LogP contribution < -0.4 is 4.74 Å². The number of nitrogens with zero attached hydrogens (tertiary/aromatic N) is 1. The Bertz CT molecular complexity index is 1210. The van der Waals surface area contributed by atoms with Crippen LogP contribution in [0.1, 0.15) is 98.5 Å². The summed E-state index contributed by atoms with van der Waals surface area (Å²) in [7, 11) is 2.11. The zero-order valence-corrected chi connectivity index (χ0v) is 25.5. The standard InChI is InChI=1S/C33H43NO3.C2H6/c1-7-34(6)12-13-36-27-9-8-23-10-11-33(5,19-25(23)16-27)32(35)28-18-30-26(20-37-21(2)3)15-24-17-29(24)31(30)14-22(28)4;1-2/h8-9,14-16,18,21,24,29H,7,10-13,17,19-20H2,1-6H3;1-2H3. The van der Waals surface area contributed by atoms with Gasteiger partial charge < -0.3 is 14.4 Å². The molecule has 3 unspecified atom stereocenters. The first-order valence-corrected chi connectivity index (χ1v) is 15.1. The molecule has 0 spiro atoms. The maximum Gasteiger partial charge on any atom is 0.169 e. The number of ketones is 1. The predicted octanol–water partition coefficient (Wildman–Crippen LogP) is 7.66. The summed E-state index contributed by atoms with van der Waals surface area (Å²) in [5, 5.41) is 0. The molecule has 0 aromatic heterocycles. The zero-order chi connectivity index (χ0) is 28.3. The van der Waals surface area contributed by atoms with Crippen molar-refractivity contribution < 1.29 is 14.3 Å². The Hall–Kier alpha value is -2.43. The molecule has 0 amide bonds. The molecule has 0 aliphatic heterocycles. The lowest BCUT2D eigenvalue weighted by molar-refractivity contribution is 0.0791. The second-order valence-electron chi connectivity index (χ2n) is 12.1. The zero-order valence-electron chi connectivity index (χ0n) is 25.5. The van der Waals surface area contributed by atoms with Crippen LogP contribution in [0.25, 0.3) is 5.57 Å². The van der Waals surface area contributed by atoms with Crippen molar-refractivity contribution in [3.63, 3.8) is 0 Å². The molecule has 2 aromatic rings. The van der Waals surface area contributed by atoms with Crippen molar-refractivity contribution in [3.05, 3.63) is 69.8 Å². The van der Waals surface area contributed by atoms with Crippen molar-refractivity contribution in [3.8, 4) is 5.75 Å². The van der Waals surface area contributed by atoms with E-state index in [9.17, 15) is 4.79 Å². The highest BCUT2D eigenvalue weighted by Crippen LogP contribution is 2.55. The molecule has 0 radical (unpaired) electrons. The van der Waals surface area contributed by atoms with Crippen molar-refractivity contribution in [2.75, 3.05) is 33.4 Å². The van der Waals surface area contributed by atoms with Crippen LogP contribution in [0, 0.1) is 18.3 Å². The van der Waals surface area contributed by atoms with E-state index in [0.717, 1.165) is 49.2 Å². The van der Waals surface area contributed by atoms with E-state index in [2.05, 4.69) is 83.0 Å². The van der Waals surface area contributed by atoms with Crippen molar-refractivity contribution in [2.24, 2.45) is 11.3 Å². The van der Waals surface area contributed by atoms with Gasteiger partial charge in [0.2, 0.25) is 0 Å². The number of fused-ring (bicyclic) bond motifs is 4. The van der Waals surface area contributed by atoms with Gasteiger partial charge in [0.1, 0.15) is 12.4 Å². The van der Waals surface area contributed by atoms with Crippen molar-refractivity contribution in [1.82, 2.24) is 4.90 Å². The third kappa shape index (κ3) is 6.49. The molecule has 0 saturated heterocycles. The van der Waals surface area contributed by atoms with Crippen LogP contribution in [0.5, 0.6) is 5.75 Å². The molecule has 4 heteroatoms. The third-order valence-electron chi connectivity index (χ3n) is 8.75. The fourth-order valence-corrected chi connectivity index (χ4v) is 6.06. The summed E-state index contributed by atoms with van der Waals surface area (Å²) in [6.45, 7) is 17.8. The van der Waals surface area contributed by atoms with Gasteiger partial charge in [0.25, 0.3) is 0 Å². The van der Waals surface area contributed by atoms with Gasteiger partial charge in [-0.3, -0.25) is 4.79 Å². The van der Waals surface area contributed by atoms with E-state index >= 15 is 0 Å². The van der Waals surface area contributed by atoms with Gasteiger partial charge in [-0.05, 0) is 123 Å². The average molecular weight is 532 g/mol. The number of carbonyl (C=O) groups excluding carboxylic acids is 1. The minimum atomic E-state index is -0.415. The number of likely N-dealkylation sites (N-methyl/N-ethyl adjacent to an activating group) is 1. The fraction of sp³-hybridized carbons (Fsp3) is 0.571. The van der Waals surface area contributed by atoms with Crippen LogP contribution in [0.3, 0.4) is 0 Å². The molecular weight excluding hydrogens is 482 g/mol. The number of allylic oxidation sites excluding steroid dienone is 1. The average Bonchev–Trinajstić information content (AvgIpc) is 3.71. The van der Waals surface area contributed by atoms with Crippen LogP contribution in [0.15, 0.2) is 36.4 Å². The summed E-state index contributed by atoms with van der Waals surface area (Å²) >= 11 is 0. The number of ether oxygens (including phenoxy) is 2. The smallest absolute Gasteiger partial charge is 0.169 e. The number of hydrogen-bond acceptors (Lipinski definition) is 4. The van der Waals surface area contributed by atoms with E-state index in [-0.39, 0.29) is 11.9 Å². The van der Waals surface area contributed by atoms with Gasteiger partial charge in [0, 0.05) is 17.5 Å². The number of rotatable bonds is 10. The topological polar surface area (TPSA) is 38.8 Å². The number of Topliss-reactive ketones (excluding diaryl/α,β-unsaturated/α-hetero) is 1. The Morgan fingerprint density at radius 3 is 2.64 bits per heavy atom. The van der Waals surface area contributed by atoms with Gasteiger partial charge in [-0.25, -0.2) is 0 Å². The molecule has 0 heterocycles. The highest BCUT2D eigenvalue weighted by atomic mass is 16.5. The third-order valence-corrected chi connectivity index (χ3v) is 8.75. The van der Waals surface area contributed by atoms with Gasteiger partial charge in [0.15, 0.2) is 5.78 Å². The van der Waals surface area contributed by atoms with Gasteiger partial charge in [-0.15, -0.1) is 0 Å². The lowest BCUT2D eigenvalue weighted by Gasteiger charge is -2.34. The molecule has 0 bridgehead atoms. The van der Waals surface area contributed by atoms with Gasteiger partial charge in [0.05, 0.1) is 12.7 Å². The maximum absolute atomic E-state index is 14.2. The molecule has 3 aliphatic carbocycles. The molecule has 3 aliphatic rings. The molecule has 0 N–H and O–H groups in total. The summed E-state index contributed by atoms with van der Waals surface area (Å²) in [6, 6.07) is 10.9. The van der Waals surface area contributed by atoms with E-state index in [1.54, 1.807) is 0 Å². The predicted molar refractivity (Wildman–Crippen MR) is 162 cm³/mol. The van der Waals surface area contributed by atoms with Crippen LogP contribution >= 0.6 is 0 Å². The molecular formula is C35H49NO3. The Kier molecular flexibility index (Phi) is 9.39. The SMILES string of the molecule is CC.CCN(C)CCOc1ccc2c(c1)CC(C)(C(=O)c1cc3c(cc1C)C1CC1C=C3COC(C)C)CC2. The van der Waals surface area contributed by atoms with E-state index < -0.39 is 5.41 Å². The minimum Gasteiger partial charge on any atom is -0.492 e. The normalized spacial score (nSPS) is 22.8. The summed E-state index contributed by atoms with van der Waals surface area (Å²) in [6.07, 6.45) is 6.37. The summed E-state index contributed by atoms with van der Waals surface area (Å²) < 4.78 is 12.1. The van der Waals surface area contributed by atoms with Gasteiger partial charge >= 0.3 is 0 Å². The van der Waals surface area contributed by atoms with E-state index in [1.807, 2.05) is 13.8 Å². The van der Waals surface area contributed by atoms with E-state index in [0.29, 0.717) is 25.0 Å². The lowest BCUT2D eigenvalue weighted by Crippen LogP contribution is -2.35. The second kappa shape index (κ2) is 12.4. The summed E-state index contributed by atoms with van der Waals surface area (Å²) in [5.74, 6) is 2.44. The van der Waals surface area contributed by atoms with Crippen molar-refractivity contribution >= 4 is 11.4 Å². The van der Waals surface area contributed by atoms with Crippen LogP contribution in [0.4, 0.5) is 0 Å². The number of carbonyl (C=O) groups is 1. The van der Waals surface area contributed by atoms with Crippen molar-refractivity contribution in [1.29, 1.82) is 0 Å². The van der Waals surface area contributed by atoms with E-state index in [1.165, 1.54) is 34.2 Å². The van der Waals surface area contributed by atoms with Crippen LogP contribution in [0.2, 0.25) is 0 Å². The maximum atomic E-state index is 14.2. The fourth-order valence-electron chi connectivity index (χ4n) is 6.06. The molecule has 3 atom stereocenters. The summed E-state index contributed by atoms with van der Waals surface area (Å²) in [4.78, 5) is 16.4. The van der Waals surface area contributed by atoms with Crippen LogP contribution in [-0.4, -0.2) is 50.1 Å². The first-order chi connectivity index (χ1) is 18.7. The molecule has 1 fully saturated rings. The Morgan fingerprint density at radius 2 is 1.92 bits per heavy atom. The second-order valence-corrected chi connectivity index (χ2v) is 12.1. The summed E-state index contributed by atoms with van der Waals surface area (Å²) in [5.41, 5.74) is 8.10. The Morgan fingerprint density at radius 1 is 1.15 bits per heavy atom. The Labute approximate surface area is 236 Å². The van der Waals surface area contributed by atoms with E-state index in [4.69, 9.17) is 9.47 Å². The molecule has 5 rings (SSSR count). The molecule has 1 saturated carbocycles. The van der Waals surface area contributed by atoms with Gasteiger partial charge in [-0.1, -0.05) is 45.9 Å². The number of benzene rings is 2.